The van der Waals surface area contributed by atoms with Crippen LogP contribution in [0, 0.1) is 12.8 Å². The number of nitrogens with zero attached hydrogens (tertiary/aromatic N) is 4. The molecule has 0 aliphatic carbocycles. The first kappa shape index (κ1) is 19.1. The lowest BCUT2D eigenvalue weighted by Gasteiger charge is -2.25. The van der Waals surface area contributed by atoms with Gasteiger partial charge in [-0.1, -0.05) is 38.5 Å². The lowest BCUT2D eigenvalue weighted by atomic mass is 10.1. The summed E-state index contributed by atoms with van der Waals surface area (Å²) in [7, 11) is 0. The Bertz CT molecular complexity index is 912. The minimum absolute atomic E-state index is 0.0479. The maximum absolute atomic E-state index is 13.2. The Labute approximate surface area is 161 Å². The molecule has 0 atom stereocenters. The molecule has 0 radical (unpaired) electrons. The Morgan fingerprint density at radius 3 is 2.59 bits per heavy atom. The number of carbonyl (C=O) groups is 1. The van der Waals surface area contributed by atoms with E-state index in [1.807, 2.05) is 48.2 Å². The minimum Gasteiger partial charge on any atom is -0.331 e. The Kier molecular flexibility index (Phi) is 5.89. The van der Waals surface area contributed by atoms with Crippen LogP contribution in [0.5, 0.6) is 0 Å². The van der Waals surface area contributed by atoms with E-state index in [4.69, 9.17) is 4.98 Å². The first-order chi connectivity index (χ1) is 13.0. The number of fused-ring (bicyclic) bond motifs is 1. The molecule has 0 saturated carbocycles. The number of pyridine rings is 1. The maximum atomic E-state index is 13.2. The summed E-state index contributed by atoms with van der Waals surface area (Å²) < 4.78 is 2.14. The van der Waals surface area contributed by atoms with Gasteiger partial charge in [0.2, 0.25) is 0 Å². The topological polar surface area (TPSA) is 51.0 Å². The van der Waals surface area contributed by atoms with Crippen molar-refractivity contribution in [2.24, 2.45) is 5.92 Å². The van der Waals surface area contributed by atoms with Gasteiger partial charge in [-0.3, -0.25) is 4.79 Å². The number of aryl methyl sites for hydroxylation is 2. The number of carbonyl (C=O) groups excluding carboxylic acids is 1. The van der Waals surface area contributed by atoms with E-state index in [1.54, 1.807) is 6.20 Å². The van der Waals surface area contributed by atoms with E-state index in [1.165, 1.54) is 0 Å². The van der Waals surface area contributed by atoms with Gasteiger partial charge in [-0.15, -0.1) is 0 Å². The molecule has 5 nitrogen and oxygen atoms in total. The largest absolute Gasteiger partial charge is 0.331 e. The van der Waals surface area contributed by atoms with Crippen molar-refractivity contribution in [3.63, 3.8) is 0 Å². The molecule has 0 N–H and O–H groups in total. The van der Waals surface area contributed by atoms with Crippen LogP contribution in [0.15, 0.2) is 42.6 Å². The van der Waals surface area contributed by atoms with Crippen molar-refractivity contribution in [1.29, 1.82) is 0 Å². The lowest BCUT2D eigenvalue weighted by Crippen LogP contribution is -2.34. The van der Waals surface area contributed by atoms with Gasteiger partial charge in [-0.05, 0) is 43.5 Å². The Hall–Kier alpha value is -2.69. The molecule has 1 aromatic carbocycles. The Morgan fingerprint density at radius 2 is 1.93 bits per heavy atom. The second-order valence-electron chi connectivity index (χ2n) is 7.47. The van der Waals surface area contributed by atoms with E-state index in [-0.39, 0.29) is 5.91 Å². The van der Waals surface area contributed by atoms with Crippen LogP contribution in [0.1, 0.15) is 48.9 Å². The Morgan fingerprint density at radius 1 is 1.19 bits per heavy atom. The average Bonchev–Trinajstić information content (AvgIpc) is 2.99. The van der Waals surface area contributed by atoms with Crippen molar-refractivity contribution in [2.45, 2.75) is 47.2 Å². The molecule has 5 heteroatoms. The highest BCUT2D eigenvalue weighted by molar-refractivity contribution is 5.94. The molecule has 0 aliphatic heterocycles. The number of amides is 1. The van der Waals surface area contributed by atoms with Crippen LogP contribution in [0.2, 0.25) is 0 Å². The van der Waals surface area contributed by atoms with Gasteiger partial charge < -0.3 is 9.47 Å². The number of hydrogen-bond donors (Lipinski definition) is 0. The summed E-state index contributed by atoms with van der Waals surface area (Å²) in [5, 5.41) is 0. The minimum atomic E-state index is 0.0479. The van der Waals surface area contributed by atoms with E-state index in [9.17, 15) is 4.79 Å². The SMILES string of the molecule is CCCn1c(CN(CC(C)C)C(=O)c2ccc(C)cc2)nc2cccnc21. The van der Waals surface area contributed by atoms with Crippen LogP contribution in [-0.4, -0.2) is 31.9 Å². The van der Waals surface area contributed by atoms with Gasteiger partial charge in [-0.2, -0.15) is 0 Å². The standard InChI is InChI=1S/C22H28N4O/c1-5-13-26-20(24-19-7-6-12-23-21(19)26)15-25(14-16(2)3)22(27)18-10-8-17(4)9-11-18/h6-12,16H,5,13-15H2,1-4H3. The van der Waals surface area contributed by atoms with Crippen molar-refractivity contribution in [1.82, 2.24) is 19.4 Å². The predicted octanol–water partition coefficient (Wildman–Crippen LogP) is 4.45. The van der Waals surface area contributed by atoms with Crippen LogP contribution in [-0.2, 0) is 13.1 Å². The quantitative estimate of drug-likeness (QED) is 0.622. The fourth-order valence-electron chi connectivity index (χ4n) is 3.29. The molecular weight excluding hydrogens is 336 g/mol. The van der Waals surface area contributed by atoms with Crippen molar-refractivity contribution in [2.75, 3.05) is 6.54 Å². The normalized spacial score (nSPS) is 11.3. The van der Waals surface area contributed by atoms with Crippen LogP contribution in [0.25, 0.3) is 11.2 Å². The molecule has 0 aliphatic rings. The van der Waals surface area contributed by atoms with E-state index >= 15 is 0 Å². The maximum Gasteiger partial charge on any atom is 0.254 e. The van der Waals surface area contributed by atoms with E-state index in [2.05, 4.69) is 30.3 Å². The van der Waals surface area contributed by atoms with E-state index in [0.29, 0.717) is 19.0 Å². The Balaban J connectivity index is 1.95. The molecule has 0 unspecified atom stereocenters. The third-order valence-corrected chi connectivity index (χ3v) is 4.53. The zero-order valence-corrected chi connectivity index (χ0v) is 16.6. The second-order valence-corrected chi connectivity index (χ2v) is 7.47. The van der Waals surface area contributed by atoms with Gasteiger partial charge in [0, 0.05) is 24.8 Å². The summed E-state index contributed by atoms with van der Waals surface area (Å²) in [5.41, 5.74) is 3.64. The fraction of sp³-hybridized carbons (Fsp3) is 0.409. The zero-order valence-electron chi connectivity index (χ0n) is 16.6. The van der Waals surface area contributed by atoms with Crippen LogP contribution < -0.4 is 0 Å². The first-order valence-electron chi connectivity index (χ1n) is 9.65. The van der Waals surface area contributed by atoms with Crippen LogP contribution in [0.3, 0.4) is 0 Å². The molecule has 142 valence electrons. The number of benzene rings is 1. The molecule has 1 amide bonds. The summed E-state index contributed by atoms with van der Waals surface area (Å²) in [6.45, 7) is 10.5. The summed E-state index contributed by atoms with van der Waals surface area (Å²) in [6.07, 6.45) is 2.79. The van der Waals surface area contributed by atoms with Gasteiger partial charge in [0.05, 0.1) is 6.54 Å². The highest BCUT2D eigenvalue weighted by atomic mass is 16.2. The van der Waals surface area contributed by atoms with Crippen LogP contribution >= 0.6 is 0 Å². The summed E-state index contributed by atoms with van der Waals surface area (Å²) in [4.78, 5) is 24.3. The first-order valence-corrected chi connectivity index (χ1v) is 9.65. The zero-order chi connectivity index (χ0) is 19.4. The third-order valence-electron chi connectivity index (χ3n) is 4.53. The fourth-order valence-corrected chi connectivity index (χ4v) is 3.29. The smallest absolute Gasteiger partial charge is 0.254 e. The van der Waals surface area contributed by atoms with Crippen molar-refractivity contribution < 1.29 is 4.79 Å². The third kappa shape index (κ3) is 4.35. The second kappa shape index (κ2) is 8.33. The monoisotopic (exact) mass is 364 g/mol. The van der Waals surface area contributed by atoms with Gasteiger partial charge in [-0.25, -0.2) is 9.97 Å². The summed E-state index contributed by atoms with van der Waals surface area (Å²) >= 11 is 0. The number of rotatable bonds is 7. The van der Waals surface area contributed by atoms with Gasteiger partial charge in [0.1, 0.15) is 11.3 Å². The van der Waals surface area contributed by atoms with Crippen molar-refractivity contribution in [3.05, 3.63) is 59.5 Å². The molecule has 3 rings (SSSR count). The molecule has 2 aromatic heterocycles. The predicted molar refractivity (Wildman–Crippen MR) is 109 cm³/mol. The number of aromatic nitrogens is 3. The van der Waals surface area contributed by atoms with Crippen molar-refractivity contribution in [3.8, 4) is 0 Å². The van der Waals surface area contributed by atoms with E-state index in [0.717, 1.165) is 41.1 Å². The highest BCUT2D eigenvalue weighted by Crippen LogP contribution is 2.18. The number of hydrogen-bond acceptors (Lipinski definition) is 3. The van der Waals surface area contributed by atoms with Gasteiger partial charge in [0.15, 0.2) is 5.65 Å². The molecular formula is C22H28N4O. The molecule has 0 fully saturated rings. The van der Waals surface area contributed by atoms with Gasteiger partial charge in [0.25, 0.3) is 5.91 Å². The van der Waals surface area contributed by atoms with Crippen molar-refractivity contribution >= 4 is 17.1 Å². The molecule has 3 aromatic rings. The van der Waals surface area contributed by atoms with E-state index < -0.39 is 0 Å². The molecule has 0 bridgehead atoms. The average molecular weight is 364 g/mol. The molecule has 27 heavy (non-hydrogen) atoms. The summed E-state index contributed by atoms with van der Waals surface area (Å²) in [5.74, 6) is 1.32. The summed E-state index contributed by atoms with van der Waals surface area (Å²) in [6, 6.07) is 11.7. The lowest BCUT2D eigenvalue weighted by molar-refractivity contribution is 0.0716. The molecule has 0 spiro atoms. The molecule has 2 heterocycles. The van der Waals surface area contributed by atoms with Gasteiger partial charge >= 0.3 is 0 Å². The molecule has 0 saturated heterocycles. The number of imidazole rings is 1. The van der Waals surface area contributed by atoms with Crippen LogP contribution in [0.4, 0.5) is 0 Å². The highest BCUT2D eigenvalue weighted by Gasteiger charge is 2.21.